The van der Waals surface area contributed by atoms with Crippen molar-refractivity contribution in [2.45, 2.75) is 46.6 Å². The van der Waals surface area contributed by atoms with E-state index in [0.717, 1.165) is 5.92 Å². The Morgan fingerprint density at radius 3 is 2.44 bits per heavy atom. The van der Waals surface area contributed by atoms with E-state index in [1.807, 2.05) is 13.8 Å². The van der Waals surface area contributed by atoms with Crippen molar-refractivity contribution in [1.29, 1.82) is 0 Å². The molecule has 18 heavy (non-hydrogen) atoms. The Bertz CT molecular complexity index is 222. The molecule has 1 atom stereocenters. The molecule has 0 aliphatic carbocycles. The minimum absolute atomic E-state index is 0.358. The Morgan fingerprint density at radius 1 is 1.22 bits per heavy atom. The molecule has 0 amide bonds. The summed E-state index contributed by atoms with van der Waals surface area (Å²) in [5, 5.41) is 3.47. The van der Waals surface area contributed by atoms with Gasteiger partial charge in [0.05, 0.1) is 0 Å². The van der Waals surface area contributed by atoms with Crippen molar-refractivity contribution in [3.05, 3.63) is 0 Å². The molecule has 2 saturated heterocycles. The first-order valence-corrected chi connectivity index (χ1v) is 7.80. The predicted molar refractivity (Wildman–Crippen MR) is 80.1 cm³/mol. The summed E-state index contributed by atoms with van der Waals surface area (Å²) in [5.41, 5.74) is 0.358. The van der Waals surface area contributed by atoms with Crippen molar-refractivity contribution in [2.75, 3.05) is 45.8 Å². The van der Waals surface area contributed by atoms with E-state index in [4.69, 9.17) is 0 Å². The highest BCUT2D eigenvalue weighted by molar-refractivity contribution is 4.91. The first kappa shape index (κ1) is 15.9. The Morgan fingerprint density at radius 2 is 1.94 bits per heavy atom. The van der Waals surface area contributed by atoms with Gasteiger partial charge in [0.1, 0.15) is 0 Å². The van der Waals surface area contributed by atoms with Crippen molar-refractivity contribution in [2.24, 2.45) is 5.92 Å². The monoisotopic (exact) mass is 255 g/mol. The lowest BCUT2D eigenvalue weighted by Gasteiger charge is -2.48. The van der Waals surface area contributed by atoms with Gasteiger partial charge in [-0.2, -0.15) is 0 Å². The first-order valence-electron chi connectivity index (χ1n) is 7.80. The third-order valence-corrected chi connectivity index (χ3v) is 4.24. The molecule has 2 heterocycles. The summed E-state index contributed by atoms with van der Waals surface area (Å²) in [7, 11) is 0. The van der Waals surface area contributed by atoms with Crippen molar-refractivity contribution < 1.29 is 0 Å². The zero-order chi connectivity index (χ0) is 13.6. The first-order chi connectivity index (χ1) is 8.62. The summed E-state index contributed by atoms with van der Waals surface area (Å²) in [6.07, 6.45) is 1.37. The van der Waals surface area contributed by atoms with Gasteiger partial charge < -0.3 is 10.2 Å². The van der Waals surface area contributed by atoms with Crippen molar-refractivity contribution >= 4 is 0 Å². The van der Waals surface area contributed by atoms with Crippen LogP contribution in [0.1, 0.15) is 41.0 Å². The van der Waals surface area contributed by atoms with Gasteiger partial charge in [0.25, 0.3) is 0 Å². The van der Waals surface area contributed by atoms with Crippen LogP contribution in [0, 0.1) is 5.92 Å². The SMILES string of the molecule is CC.CCN1CCN(CC2CCNC2)C(C)(C)C1. The fourth-order valence-corrected chi connectivity index (χ4v) is 3.08. The normalized spacial score (nSPS) is 28.8. The summed E-state index contributed by atoms with van der Waals surface area (Å²) < 4.78 is 0. The molecule has 0 aromatic heterocycles. The topological polar surface area (TPSA) is 18.5 Å². The molecule has 3 nitrogen and oxygen atoms in total. The summed E-state index contributed by atoms with van der Waals surface area (Å²) in [4.78, 5) is 5.28. The lowest BCUT2D eigenvalue weighted by atomic mass is 9.96. The van der Waals surface area contributed by atoms with Crippen LogP contribution in [-0.4, -0.2) is 61.2 Å². The fourth-order valence-electron chi connectivity index (χ4n) is 3.08. The number of nitrogens with one attached hydrogen (secondary N) is 1. The molecule has 2 aliphatic heterocycles. The maximum atomic E-state index is 3.47. The van der Waals surface area contributed by atoms with E-state index < -0.39 is 0 Å². The van der Waals surface area contributed by atoms with E-state index in [1.165, 1.54) is 52.2 Å². The zero-order valence-corrected chi connectivity index (χ0v) is 13.1. The highest BCUT2D eigenvalue weighted by Crippen LogP contribution is 2.23. The maximum Gasteiger partial charge on any atom is 0.0280 e. The van der Waals surface area contributed by atoms with E-state index in [0.29, 0.717) is 5.54 Å². The van der Waals surface area contributed by atoms with Gasteiger partial charge in [-0.3, -0.25) is 4.90 Å². The molecule has 0 radical (unpaired) electrons. The minimum atomic E-state index is 0.358. The number of rotatable bonds is 3. The molecule has 0 bridgehead atoms. The molecule has 2 rings (SSSR count). The van der Waals surface area contributed by atoms with Crippen LogP contribution >= 0.6 is 0 Å². The lowest BCUT2D eigenvalue weighted by molar-refractivity contribution is 0.0131. The van der Waals surface area contributed by atoms with E-state index in [2.05, 4.69) is 35.9 Å². The minimum Gasteiger partial charge on any atom is -0.316 e. The Labute approximate surface area is 114 Å². The quantitative estimate of drug-likeness (QED) is 0.832. The molecule has 0 saturated carbocycles. The lowest BCUT2D eigenvalue weighted by Crippen LogP contribution is -2.60. The van der Waals surface area contributed by atoms with Crippen molar-refractivity contribution in [3.63, 3.8) is 0 Å². The number of likely N-dealkylation sites (N-methyl/N-ethyl adjacent to an activating group) is 1. The van der Waals surface area contributed by atoms with Crippen LogP contribution in [0.5, 0.6) is 0 Å². The third-order valence-electron chi connectivity index (χ3n) is 4.24. The van der Waals surface area contributed by atoms with E-state index in [-0.39, 0.29) is 0 Å². The maximum absolute atomic E-state index is 3.47. The third kappa shape index (κ3) is 4.22. The molecular weight excluding hydrogens is 222 g/mol. The molecule has 3 heteroatoms. The van der Waals surface area contributed by atoms with Crippen LogP contribution in [-0.2, 0) is 0 Å². The fraction of sp³-hybridized carbons (Fsp3) is 1.00. The number of hydrogen-bond donors (Lipinski definition) is 1. The van der Waals surface area contributed by atoms with Gasteiger partial charge in [-0.15, -0.1) is 0 Å². The standard InChI is InChI=1S/C13H27N3.C2H6/c1-4-15-7-8-16(13(2,3)11-15)10-12-5-6-14-9-12;1-2/h12,14H,4-11H2,1-3H3;1-2H3. The van der Waals surface area contributed by atoms with Gasteiger partial charge >= 0.3 is 0 Å². The number of piperazine rings is 1. The molecule has 108 valence electrons. The average molecular weight is 255 g/mol. The highest BCUT2D eigenvalue weighted by Gasteiger charge is 2.34. The summed E-state index contributed by atoms with van der Waals surface area (Å²) in [6, 6.07) is 0. The van der Waals surface area contributed by atoms with Gasteiger partial charge in [0.15, 0.2) is 0 Å². The molecule has 2 fully saturated rings. The van der Waals surface area contributed by atoms with Crippen molar-refractivity contribution in [1.82, 2.24) is 15.1 Å². The second-order valence-electron chi connectivity index (χ2n) is 5.99. The van der Waals surface area contributed by atoms with E-state index in [9.17, 15) is 0 Å². The molecule has 2 aliphatic rings. The summed E-state index contributed by atoms with van der Waals surface area (Å²) >= 11 is 0. The molecule has 1 unspecified atom stereocenters. The largest absolute Gasteiger partial charge is 0.316 e. The van der Waals surface area contributed by atoms with Crippen LogP contribution < -0.4 is 5.32 Å². The van der Waals surface area contributed by atoms with E-state index >= 15 is 0 Å². The predicted octanol–water partition coefficient (Wildman–Crippen LogP) is 2.04. The summed E-state index contributed by atoms with van der Waals surface area (Å²) in [5.74, 6) is 0.882. The molecule has 0 aromatic rings. The Balaban J connectivity index is 0.000000771. The van der Waals surface area contributed by atoms with Gasteiger partial charge in [0.2, 0.25) is 0 Å². The molecule has 0 aromatic carbocycles. The second kappa shape index (κ2) is 7.46. The molecular formula is C15H33N3. The number of hydrogen-bond acceptors (Lipinski definition) is 3. The number of nitrogens with zero attached hydrogens (tertiary/aromatic N) is 2. The Hall–Kier alpha value is -0.120. The Kier molecular flexibility index (Phi) is 6.61. The smallest absolute Gasteiger partial charge is 0.0280 e. The van der Waals surface area contributed by atoms with Crippen LogP contribution in [0.25, 0.3) is 0 Å². The van der Waals surface area contributed by atoms with Crippen molar-refractivity contribution in [3.8, 4) is 0 Å². The molecule has 1 N–H and O–H groups in total. The van der Waals surface area contributed by atoms with Gasteiger partial charge in [-0.05, 0) is 45.8 Å². The van der Waals surface area contributed by atoms with Gasteiger partial charge in [-0.1, -0.05) is 20.8 Å². The summed E-state index contributed by atoms with van der Waals surface area (Å²) in [6.45, 7) is 19.7. The van der Waals surface area contributed by atoms with Crippen LogP contribution in [0.2, 0.25) is 0 Å². The average Bonchev–Trinajstić information content (AvgIpc) is 2.87. The van der Waals surface area contributed by atoms with Gasteiger partial charge in [0, 0.05) is 31.7 Å². The second-order valence-corrected chi connectivity index (χ2v) is 5.99. The van der Waals surface area contributed by atoms with Crippen LogP contribution in [0.15, 0.2) is 0 Å². The molecule has 0 spiro atoms. The van der Waals surface area contributed by atoms with Crippen LogP contribution in [0.4, 0.5) is 0 Å². The van der Waals surface area contributed by atoms with E-state index in [1.54, 1.807) is 0 Å². The highest BCUT2D eigenvalue weighted by atomic mass is 15.3. The zero-order valence-electron chi connectivity index (χ0n) is 13.1. The van der Waals surface area contributed by atoms with Gasteiger partial charge in [-0.25, -0.2) is 0 Å². The van der Waals surface area contributed by atoms with Crippen LogP contribution in [0.3, 0.4) is 0 Å².